The van der Waals surface area contributed by atoms with Crippen LogP contribution in [0.1, 0.15) is 24.9 Å². The van der Waals surface area contributed by atoms with Crippen LogP contribution >= 0.6 is 0 Å². The van der Waals surface area contributed by atoms with Crippen LogP contribution < -0.4 is 4.74 Å². The van der Waals surface area contributed by atoms with Crippen LogP contribution in [-0.2, 0) is 0 Å². The Balaban J connectivity index is 1.44. The molecule has 2 aromatic carbocycles. The molecule has 0 bridgehead atoms. The number of hydrogen-bond donors (Lipinski definition) is 0. The van der Waals surface area contributed by atoms with Gasteiger partial charge in [0.15, 0.2) is 0 Å². The number of carbonyl (C=O) groups is 1. The minimum Gasteiger partial charge on any atom is -0.486 e. The maximum atomic E-state index is 13.6. The van der Waals surface area contributed by atoms with Gasteiger partial charge in [0, 0.05) is 18.7 Å². The predicted octanol–water partition coefficient (Wildman–Crippen LogP) is 3.97. The molecule has 0 N–H and O–H groups in total. The lowest BCUT2D eigenvalue weighted by Crippen LogP contribution is -2.64. The van der Waals surface area contributed by atoms with E-state index in [-0.39, 0.29) is 18.2 Å². The Morgan fingerprint density at radius 2 is 1.85 bits per heavy atom. The molecule has 0 unspecified atom stereocenters. The van der Waals surface area contributed by atoms with Gasteiger partial charge in [0.05, 0.1) is 18.6 Å². The summed E-state index contributed by atoms with van der Waals surface area (Å²) < 4.78 is 33.0. The number of benzene rings is 2. The summed E-state index contributed by atoms with van der Waals surface area (Å²) in [5.41, 5.74) is 0.392. The second-order valence-corrected chi connectivity index (χ2v) is 6.74. The highest BCUT2D eigenvalue weighted by Crippen LogP contribution is 2.33. The number of rotatable bonds is 3. The molecular formula is C20H19F2N3O2. The van der Waals surface area contributed by atoms with Gasteiger partial charge in [0.1, 0.15) is 23.5 Å². The van der Waals surface area contributed by atoms with Gasteiger partial charge in [0.2, 0.25) is 0 Å². The number of nitrogens with zero attached hydrogens (tertiary/aromatic N) is 3. The van der Waals surface area contributed by atoms with Crippen LogP contribution in [0.25, 0.3) is 0 Å². The van der Waals surface area contributed by atoms with Crippen molar-refractivity contribution in [2.24, 2.45) is 5.10 Å². The van der Waals surface area contributed by atoms with E-state index in [1.165, 1.54) is 17.1 Å². The van der Waals surface area contributed by atoms with Crippen molar-refractivity contribution in [2.75, 3.05) is 6.54 Å². The van der Waals surface area contributed by atoms with Gasteiger partial charge in [-0.1, -0.05) is 18.2 Å². The first-order valence-corrected chi connectivity index (χ1v) is 8.83. The van der Waals surface area contributed by atoms with E-state index in [1.54, 1.807) is 11.1 Å². The summed E-state index contributed by atoms with van der Waals surface area (Å²) in [6.07, 6.45) is 1.90. The number of hydrazone groups is 1. The van der Waals surface area contributed by atoms with Gasteiger partial charge >= 0.3 is 6.03 Å². The average Bonchev–Trinajstić information content (AvgIpc) is 3.14. The van der Waals surface area contributed by atoms with Crippen molar-refractivity contribution >= 4 is 12.2 Å². The molecule has 0 aromatic heterocycles. The lowest BCUT2D eigenvalue weighted by molar-refractivity contribution is -0.0197. The number of ether oxygens (including phenoxy) is 1. The molecule has 0 saturated carbocycles. The lowest BCUT2D eigenvalue weighted by Gasteiger charge is -2.46. The normalized spacial score (nSPS) is 24.0. The fourth-order valence-electron chi connectivity index (χ4n) is 3.41. The summed E-state index contributed by atoms with van der Waals surface area (Å²) in [6, 6.07) is 11.8. The molecule has 2 heterocycles. The highest BCUT2D eigenvalue weighted by molar-refractivity contribution is 5.79. The standard InChI is InChI=1S/C20H19F2N3O2/c1-13-19(27-17-5-3-2-4-6-17)12-24(13)20(26)25-18(7-8-23-25)14-9-15(21)11-16(22)10-14/h2-6,8-11,13,18-19H,7,12H2,1H3/t13-,18+,19+/m1/s1. The first-order chi connectivity index (χ1) is 13.0. The van der Waals surface area contributed by atoms with Crippen LogP contribution in [0.2, 0.25) is 0 Å². The number of urea groups is 1. The van der Waals surface area contributed by atoms with E-state index in [0.717, 1.165) is 11.8 Å². The van der Waals surface area contributed by atoms with Crippen molar-refractivity contribution in [3.63, 3.8) is 0 Å². The summed E-state index contributed by atoms with van der Waals surface area (Å²) in [5.74, 6) is -0.579. The maximum absolute atomic E-state index is 13.6. The molecule has 27 heavy (non-hydrogen) atoms. The number of amides is 2. The van der Waals surface area contributed by atoms with Crippen LogP contribution in [0.15, 0.2) is 53.6 Å². The topological polar surface area (TPSA) is 45.1 Å². The average molecular weight is 371 g/mol. The lowest BCUT2D eigenvalue weighted by atomic mass is 10.0. The fraction of sp³-hybridized carbons (Fsp3) is 0.300. The molecule has 2 aliphatic rings. The number of hydrogen-bond acceptors (Lipinski definition) is 3. The minimum atomic E-state index is -0.669. The van der Waals surface area contributed by atoms with E-state index in [4.69, 9.17) is 4.74 Å². The van der Waals surface area contributed by atoms with Crippen LogP contribution in [-0.4, -0.2) is 40.8 Å². The van der Waals surface area contributed by atoms with Gasteiger partial charge in [0.25, 0.3) is 0 Å². The predicted molar refractivity (Wildman–Crippen MR) is 96.5 cm³/mol. The summed E-state index contributed by atoms with van der Waals surface area (Å²) in [5, 5.41) is 5.43. The summed E-state index contributed by atoms with van der Waals surface area (Å²) in [4.78, 5) is 14.5. The van der Waals surface area contributed by atoms with E-state index in [0.29, 0.717) is 18.5 Å². The molecule has 0 aliphatic carbocycles. The quantitative estimate of drug-likeness (QED) is 0.820. The van der Waals surface area contributed by atoms with Crippen molar-refractivity contribution in [3.05, 3.63) is 65.7 Å². The number of para-hydroxylation sites is 1. The fourth-order valence-corrected chi connectivity index (χ4v) is 3.41. The highest BCUT2D eigenvalue weighted by atomic mass is 19.1. The molecule has 4 rings (SSSR count). The van der Waals surface area contributed by atoms with Gasteiger partial charge in [-0.15, -0.1) is 0 Å². The van der Waals surface area contributed by atoms with Crippen LogP contribution in [0.5, 0.6) is 5.75 Å². The summed E-state index contributed by atoms with van der Waals surface area (Å²) >= 11 is 0. The Bertz CT molecular complexity index is 855. The van der Waals surface area contributed by atoms with Crippen molar-refractivity contribution < 1.29 is 18.3 Å². The molecule has 1 saturated heterocycles. The number of likely N-dealkylation sites (tertiary alicyclic amines) is 1. The van der Waals surface area contributed by atoms with E-state index in [1.807, 2.05) is 37.3 Å². The van der Waals surface area contributed by atoms with Gasteiger partial charge in [-0.3, -0.25) is 0 Å². The molecule has 0 spiro atoms. The Labute approximate surface area is 155 Å². The minimum absolute atomic E-state index is 0.104. The van der Waals surface area contributed by atoms with Crippen LogP contribution in [0.3, 0.4) is 0 Å². The molecule has 7 heteroatoms. The smallest absolute Gasteiger partial charge is 0.341 e. The van der Waals surface area contributed by atoms with E-state index in [2.05, 4.69) is 5.10 Å². The zero-order valence-corrected chi connectivity index (χ0v) is 14.8. The Morgan fingerprint density at radius 1 is 1.15 bits per heavy atom. The van der Waals surface area contributed by atoms with Gasteiger partial charge in [-0.05, 0) is 36.8 Å². The number of halogens is 2. The molecule has 2 amide bonds. The van der Waals surface area contributed by atoms with Gasteiger partial charge in [-0.25, -0.2) is 18.6 Å². The SMILES string of the molecule is C[C@@H]1[C@@H](Oc2ccccc2)CN1C(=O)N1N=CC[C@H]1c1cc(F)cc(F)c1. The third-order valence-electron chi connectivity index (χ3n) is 4.98. The largest absolute Gasteiger partial charge is 0.486 e. The molecule has 0 radical (unpaired) electrons. The third-order valence-corrected chi connectivity index (χ3v) is 4.98. The molecule has 140 valence electrons. The van der Waals surface area contributed by atoms with Crippen molar-refractivity contribution in [3.8, 4) is 5.75 Å². The monoisotopic (exact) mass is 371 g/mol. The van der Waals surface area contributed by atoms with E-state index >= 15 is 0 Å². The van der Waals surface area contributed by atoms with Gasteiger partial charge < -0.3 is 9.64 Å². The zero-order valence-electron chi connectivity index (χ0n) is 14.8. The van der Waals surface area contributed by atoms with Crippen LogP contribution in [0, 0.1) is 11.6 Å². The summed E-state index contributed by atoms with van der Waals surface area (Å²) in [7, 11) is 0. The first kappa shape index (κ1) is 17.5. The van der Waals surface area contributed by atoms with E-state index < -0.39 is 17.7 Å². The Hall–Kier alpha value is -2.96. The van der Waals surface area contributed by atoms with Crippen molar-refractivity contribution in [2.45, 2.75) is 31.5 Å². The molecular weight excluding hydrogens is 352 g/mol. The summed E-state index contributed by atoms with van der Waals surface area (Å²) in [6.45, 7) is 2.34. The third kappa shape index (κ3) is 3.37. The zero-order chi connectivity index (χ0) is 19.0. The molecule has 1 fully saturated rings. The Kier molecular flexibility index (Phi) is 4.51. The highest BCUT2D eigenvalue weighted by Gasteiger charge is 2.44. The second-order valence-electron chi connectivity index (χ2n) is 6.74. The molecule has 3 atom stereocenters. The molecule has 2 aromatic rings. The van der Waals surface area contributed by atoms with E-state index in [9.17, 15) is 13.6 Å². The first-order valence-electron chi connectivity index (χ1n) is 8.83. The number of carbonyl (C=O) groups excluding carboxylic acids is 1. The van der Waals surface area contributed by atoms with Crippen molar-refractivity contribution in [1.29, 1.82) is 0 Å². The maximum Gasteiger partial charge on any atom is 0.341 e. The molecule has 5 nitrogen and oxygen atoms in total. The van der Waals surface area contributed by atoms with Crippen LogP contribution in [0.4, 0.5) is 13.6 Å². The van der Waals surface area contributed by atoms with Gasteiger partial charge in [-0.2, -0.15) is 5.10 Å². The van der Waals surface area contributed by atoms with Crippen molar-refractivity contribution in [1.82, 2.24) is 9.91 Å². The molecule has 2 aliphatic heterocycles. The second kappa shape index (κ2) is 6.98. The Morgan fingerprint density at radius 3 is 2.52 bits per heavy atom.